The van der Waals surface area contributed by atoms with Crippen LogP contribution >= 0.6 is 0 Å². The van der Waals surface area contributed by atoms with Gasteiger partial charge in [0.25, 0.3) is 0 Å². The number of nitrogens with zero attached hydrogens (tertiary/aromatic N) is 1. The molecule has 0 bridgehead atoms. The van der Waals surface area contributed by atoms with Gasteiger partial charge in [0.1, 0.15) is 18.2 Å². The normalized spacial score (nSPS) is 16.0. The fourth-order valence-corrected chi connectivity index (χ4v) is 3.94. The first kappa shape index (κ1) is 25.0. The number of carbonyl (C=O) groups excluding carboxylic acids is 2. The molecule has 1 saturated heterocycles. The molecule has 36 heavy (non-hydrogen) atoms. The maximum atomic E-state index is 13.9. The van der Waals surface area contributed by atoms with E-state index in [1.165, 1.54) is 0 Å². The van der Waals surface area contributed by atoms with Crippen molar-refractivity contribution < 1.29 is 36.6 Å². The molecule has 188 valence electrons. The largest absolute Gasteiger partial charge is 0.573 e. The van der Waals surface area contributed by atoms with E-state index in [-0.39, 0.29) is 18.4 Å². The summed E-state index contributed by atoms with van der Waals surface area (Å²) in [5.41, 5.74) is 2.95. The number of aromatic nitrogens is 1. The Morgan fingerprint density at radius 3 is 2.72 bits per heavy atom. The first-order chi connectivity index (χ1) is 17.0. The molecule has 1 aliphatic rings. The van der Waals surface area contributed by atoms with Crippen molar-refractivity contribution in [2.75, 3.05) is 5.32 Å². The van der Waals surface area contributed by atoms with E-state index in [0.717, 1.165) is 28.8 Å². The number of carbonyl (C=O) groups is 2. The Morgan fingerprint density at radius 1 is 1.22 bits per heavy atom. The van der Waals surface area contributed by atoms with E-state index in [1.54, 1.807) is 18.2 Å². The summed E-state index contributed by atoms with van der Waals surface area (Å²) in [6, 6.07) is 9.27. The number of anilines is 1. The number of amides is 2. The number of hydrogen-bond donors (Lipinski definition) is 2. The summed E-state index contributed by atoms with van der Waals surface area (Å²) in [4.78, 5) is 29.2. The second kappa shape index (κ2) is 9.84. The highest BCUT2D eigenvalue weighted by Gasteiger charge is 2.31. The number of nitrogens with one attached hydrogen (secondary N) is 2. The van der Waals surface area contributed by atoms with Crippen molar-refractivity contribution in [2.24, 2.45) is 0 Å². The van der Waals surface area contributed by atoms with Crippen molar-refractivity contribution in [3.8, 4) is 5.75 Å². The maximum Gasteiger partial charge on any atom is 0.573 e. The Kier molecular flexibility index (Phi) is 6.82. The number of fused-ring (bicyclic) bond motifs is 1. The lowest BCUT2D eigenvalue weighted by atomic mass is 9.88. The Morgan fingerprint density at radius 2 is 2.00 bits per heavy atom. The average Bonchev–Trinajstić information content (AvgIpc) is 2.79. The maximum absolute atomic E-state index is 13.9. The van der Waals surface area contributed by atoms with Crippen LogP contribution in [0.3, 0.4) is 0 Å². The van der Waals surface area contributed by atoms with Crippen molar-refractivity contribution >= 4 is 28.6 Å². The molecule has 7 nitrogen and oxygen atoms in total. The second-order valence-corrected chi connectivity index (χ2v) is 8.26. The third-order valence-electron chi connectivity index (χ3n) is 5.61. The number of allylic oxidation sites excluding steroid dienone is 1. The Hall–Kier alpha value is -4.15. The molecule has 2 N–H and O–H groups in total. The molecule has 1 fully saturated rings. The molecule has 0 spiro atoms. The molecule has 0 radical (unpaired) electrons. The number of aryl methyl sites for hydroxylation is 1. The predicted molar refractivity (Wildman–Crippen MR) is 123 cm³/mol. The monoisotopic (exact) mass is 503 g/mol. The minimum Gasteiger partial charge on any atom is -0.444 e. The van der Waals surface area contributed by atoms with E-state index in [0.29, 0.717) is 35.7 Å². The smallest absolute Gasteiger partial charge is 0.444 e. The van der Waals surface area contributed by atoms with Gasteiger partial charge in [-0.25, -0.2) is 9.18 Å². The van der Waals surface area contributed by atoms with Crippen LogP contribution in [0.25, 0.3) is 10.9 Å². The first-order valence-corrected chi connectivity index (χ1v) is 10.9. The Bertz CT molecular complexity index is 1360. The summed E-state index contributed by atoms with van der Waals surface area (Å²) in [7, 11) is 0. The summed E-state index contributed by atoms with van der Waals surface area (Å²) in [5, 5.41) is 5.57. The van der Waals surface area contributed by atoms with E-state index in [9.17, 15) is 27.2 Å². The molecular weight excluding hydrogens is 482 g/mol. The fraction of sp³-hybridized carbons (Fsp3) is 0.240. The molecule has 4 rings (SSSR count). The van der Waals surface area contributed by atoms with Crippen LogP contribution in [0.4, 0.5) is 28.0 Å². The molecule has 11 heteroatoms. The van der Waals surface area contributed by atoms with Crippen LogP contribution in [0, 0.1) is 12.7 Å². The number of benzene rings is 2. The zero-order valence-electron chi connectivity index (χ0n) is 19.0. The molecule has 1 unspecified atom stereocenters. The minimum absolute atomic E-state index is 0.136. The lowest BCUT2D eigenvalue weighted by molar-refractivity contribution is -0.274. The first-order valence-electron chi connectivity index (χ1n) is 10.9. The third kappa shape index (κ3) is 5.91. The van der Waals surface area contributed by atoms with E-state index >= 15 is 0 Å². The van der Waals surface area contributed by atoms with E-state index in [4.69, 9.17) is 4.74 Å². The Balaban J connectivity index is 1.46. The van der Waals surface area contributed by atoms with Gasteiger partial charge >= 0.3 is 12.5 Å². The number of halogens is 4. The summed E-state index contributed by atoms with van der Waals surface area (Å²) >= 11 is 0. The molecule has 1 atom stereocenters. The summed E-state index contributed by atoms with van der Waals surface area (Å²) in [5.74, 6) is -2.14. The quantitative estimate of drug-likeness (QED) is 0.427. The molecule has 2 heterocycles. The van der Waals surface area contributed by atoms with E-state index in [1.807, 2.05) is 13.0 Å². The highest BCUT2D eigenvalue weighted by Crippen LogP contribution is 2.31. The standard InChI is InChI=1S/C25H21F4N3O4/c1-13-3-6-18(23(33)30-13)19-10-16-9-15(4-8-21(16)31-14(19)2)12-35-24(34)32-22-11-17(5-7-20(22)26)36-25(27,28)29/h4-5,7-11,18H,1,3,6,12H2,2H3,(H,30,33)(H,32,34). The van der Waals surface area contributed by atoms with Gasteiger partial charge in [-0.2, -0.15) is 0 Å². The second-order valence-electron chi connectivity index (χ2n) is 8.26. The Labute approximate surface area is 203 Å². The van der Waals surface area contributed by atoms with Crippen LogP contribution in [-0.2, 0) is 16.1 Å². The zero-order valence-corrected chi connectivity index (χ0v) is 19.0. The van der Waals surface area contributed by atoms with Crippen LogP contribution in [0.1, 0.15) is 35.6 Å². The van der Waals surface area contributed by atoms with E-state index < -0.39 is 29.7 Å². The lowest BCUT2D eigenvalue weighted by Gasteiger charge is -2.25. The van der Waals surface area contributed by atoms with Gasteiger partial charge in [0, 0.05) is 22.8 Å². The molecular formula is C25H21F4N3O4. The topological polar surface area (TPSA) is 89.6 Å². The third-order valence-corrected chi connectivity index (χ3v) is 5.61. The van der Waals surface area contributed by atoms with Crippen LogP contribution < -0.4 is 15.4 Å². The molecule has 0 aliphatic carbocycles. The number of rotatable bonds is 5. The summed E-state index contributed by atoms with van der Waals surface area (Å²) in [6.45, 7) is 5.43. The van der Waals surface area contributed by atoms with Crippen LogP contribution in [0.2, 0.25) is 0 Å². The SMILES string of the molecule is C=C1CCC(c2cc3cc(COC(=O)Nc4cc(OC(F)(F)F)ccc4F)ccc3nc2C)C(=O)N1. The van der Waals surface area contributed by atoms with Crippen molar-refractivity contribution in [1.82, 2.24) is 10.3 Å². The minimum atomic E-state index is -4.96. The van der Waals surface area contributed by atoms with Crippen LogP contribution in [0.15, 0.2) is 54.7 Å². The number of hydrogen-bond acceptors (Lipinski definition) is 5. The molecule has 1 aliphatic heterocycles. The van der Waals surface area contributed by atoms with E-state index in [2.05, 4.69) is 26.9 Å². The van der Waals surface area contributed by atoms with Gasteiger partial charge in [0.05, 0.1) is 17.1 Å². The van der Waals surface area contributed by atoms with Gasteiger partial charge in [-0.3, -0.25) is 15.1 Å². The number of piperidine rings is 1. The van der Waals surface area contributed by atoms with Crippen LogP contribution in [-0.4, -0.2) is 23.3 Å². The van der Waals surface area contributed by atoms with Crippen molar-refractivity contribution in [2.45, 2.75) is 38.7 Å². The lowest BCUT2D eigenvalue weighted by Crippen LogP contribution is -2.33. The summed E-state index contributed by atoms with van der Waals surface area (Å²) in [6.07, 6.45) is -4.75. The molecule has 2 aromatic carbocycles. The average molecular weight is 503 g/mol. The van der Waals surface area contributed by atoms with Gasteiger partial charge in [0.2, 0.25) is 5.91 Å². The van der Waals surface area contributed by atoms with Gasteiger partial charge in [0.15, 0.2) is 0 Å². The molecule has 2 amide bonds. The zero-order chi connectivity index (χ0) is 26.0. The highest BCUT2D eigenvalue weighted by atomic mass is 19.4. The molecule has 3 aromatic rings. The van der Waals surface area contributed by atoms with Crippen molar-refractivity contribution in [1.29, 1.82) is 0 Å². The van der Waals surface area contributed by atoms with Gasteiger partial charge in [-0.15, -0.1) is 13.2 Å². The number of pyridine rings is 1. The summed E-state index contributed by atoms with van der Waals surface area (Å²) < 4.78 is 59.9. The highest BCUT2D eigenvalue weighted by molar-refractivity contribution is 5.89. The van der Waals surface area contributed by atoms with Crippen molar-refractivity contribution in [3.63, 3.8) is 0 Å². The van der Waals surface area contributed by atoms with Gasteiger partial charge in [-0.1, -0.05) is 12.6 Å². The van der Waals surface area contributed by atoms with Gasteiger partial charge < -0.3 is 14.8 Å². The fourth-order valence-electron chi connectivity index (χ4n) is 3.94. The number of alkyl halides is 3. The number of ether oxygens (including phenoxy) is 2. The van der Waals surface area contributed by atoms with Crippen molar-refractivity contribution in [3.05, 3.63) is 77.4 Å². The predicted octanol–water partition coefficient (Wildman–Crippen LogP) is 5.84. The molecule has 1 aromatic heterocycles. The van der Waals surface area contributed by atoms with Gasteiger partial charge in [-0.05, 0) is 61.2 Å². The van der Waals surface area contributed by atoms with Crippen LogP contribution in [0.5, 0.6) is 5.75 Å². The molecule has 0 saturated carbocycles.